The van der Waals surface area contributed by atoms with Gasteiger partial charge in [-0.3, -0.25) is 4.98 Å². The number of aromatic nitrogens is 3. The molecule has 0 spiro atoms. The number of H-pyrrole nitrogens is 1. The highest BCUT2D eigenvalue weighted by atomic mass is 35.5. The number of pyridine rings is 1. The lowest BCUT2D eigenvalue weighted by Crippen LogP contribution is -2.37. The zero-order chi connectivity index (χ0) is 26.2. The molecule has 4 aromatic rings. The maximum Gasteiger partial charge on any atom is 0.348 e. The van der Waals surface area contributed by atoms with Crippen molar-refractivity contribution in [2.75, 3.05) is 5.01 Å². The first-order valence-electron chi connectivity index (χ1n) is 12.1. The van der Waals surface area contributed by atoms with Crippen molar-refractivity contribution in [1.82, 2.24) is 26.0 Å². The van der Waals surface area contributed by atoms with Gasteiger partial charge < -0.3 is 10.1 Å². The summed E-state index contributed by atoms with van der Waals surface area (Å²) in [5.41, 5.74) is 9.76. The average molecular weight is 552 g/mol. The van der Waals surface area contributed by atoms with Crippen molar-refractivity contribution >= 4 is 40.9 Å². The molecule has 1 saturated carbocycles. The topological polar surface area (TPSA) is 119 Å². The molecule has 4 N–H and O–H groups in total. The number of hydrazone groups is 1. The SMILES string of the molecule is O=C(O)c1scc(-c2cnc([C@H](CCC3CC3)c3ccc(-c4cc(Cl)ccc4N4C=NNN4)cn3)[nH]2)c1F. The number of benzene rings is 1. The van der Waals surface area contributed by atoms with Gasteiger partial charge in [-0.1, -0.05) is 30.5 Å². The molecule has 2 aliphatic rings. The molecule has 9 nitrogen and oxygen atoms in total. The number of hydrazine groups is 2. The molecular weight excluding hydrogens is 529 g/mol. The van der Waals surface area contributed by atoms with E-state index >= 15 is 0 Å². The van der Waals surface area contributed by atoms with E-state index in [1.165, 1.54) is 18.2 Å². The molecule has 1 aliphatic heterocycles. The fraction of sp³-hybridized carbons (Fsp3) is 0.231. The lowest BCUT2D eigenvalue weighted by atomic mass is 9.95. The Kier molecular flexibility index (Phi) is 6.56. The van der Waals surface area contributed by atoms with E-state index in [1.54, 1.807) is 17.5 Å². The summed E-state index contributed by atoms with van der Waals surface area (Å²) in [5, 5.41) is 17.0. The predicted molar refractivity (Wildman–Crippen MR) is 145 cm³/mol. The van der Waals surface area contributed by atoms with Gasteiger partial charge in [-0.15, -0.1) is 16.9 Å². The van der Waals surface area contributed by atoms with Crippen molar-refractivity contribution in [3.05, 3.63) is 75.3 Å². The minimum Gasteiger partial charge on any atom is -0.477 e. The second-order valence-corrected chi connectivity index (χ2v) is 10.6. The molecule has 0 saturated heterocycles. The van der Waals surface area contributed by atoms with Crippen LogP contribution in [-0.2, 0) is 0 Å². The Hall–Kier alpha value is -3.80. The van der Waals surface area contributed by atoms with Crippen molar-refractivity contribution in [2.24, 2.45) is 11.0 Å². The fourth-order valence-electron chi connectivity index (χ4n) is 4.59. The van der Waals surface area contributed by atoms with Crippen LogP contribution in [0.5, 0.6) is 0 Å². The highest BCUT2D eigenvalue weighted by molar-refractivity contribution is 7.12. The lowest BCUT2D eigenvalue weighted by molar-refractivity contribution is 0.0698. The lowest BCUT2D eigenvalue weighted by Gasteiger charge is -2.19. The summed E-state index contributed by atoms with van der Waals surface area (Å²) in [5.74, 6) is -0.752. The van der Waals surface area contributed by atoms with Gasteiger partial charge in [-0.2, -0.15) is 5.10 Å². The van der Waals surface area contributed by atoms with Gasteiger partial charge >= 0.3 is 5.97 Å². The summed E-state index contributed by atoms with van der Waals surface area (Å²) in [6, 6.07) is 9.58. The van der Waals surface area contributed by atoms with Crippen LogP contribution in [0.25, 0.3) is 22.4 Å². The number of halogens is 2. The summed E-state index contributed by atoms with van der Waals surface area (Å²) in [4.78, 5) is 23.6. The molecule has 0 amide bonds. The van der Waals surface area contributed by atoms with Crippen LogP contribution in [0.1, 0.15) is 52.8 Å². The molecule has 194 valence electrons. The molecule has 0 radical (unpaired) electrons. The monoisotopic (exact) mass is 551 g/mol. The summed E-state index contributed by atoms with van der Waals surface area (Å²) < 4.78 is 14.7. The van der Waals surface area contributed by atoms with Gasteiger partial charge in [0.2, 0.25) is 0 Å². The smallest absolute Gasteiger partial charge is 0.348 e. The minimum atomic E-state index is -1.28. The van der Waals surface area contributed by atoms with E-state index in [0.717, 1.165) is 52.6 Å². The third-order valence-corrected chi connectivity index (χ3v) is 7.96. The van der Waals surface area contributed by atoms with Crippen molar-refractivity contribution in [3.63, 3.8) is 0 Å². The number of aromatic carboxylic acids is 1. The minimum absolute atomic E-state index is 0.116. The number of nitrogens with one attached hydrogen (secondary N) is 3. The van der Waals surface area contributed by atoms with Crippen molar-refractivity contribution in [1.29, 1.82) is 0 Å². The molecule has 4 heterocycles. The Morgan fingerprint density at radius 1 is 1.21 bits per heavy atom. The zero-order valence-electron chi connectivity index (χ0n) is 20.0. The molecule has 6 rings (SSSR count). The third kappa shape index (κ3) is 4.87. The van der Waals surface area contributed by atoms with Crippen molar-refractivity contribution in [2.45, 2.75) is 31.6 Å². The molecule has 1 atom stereocenters. The van der Waals surface area contributed by atoms with Crippen molar-refractivity contribution in [3.8, 4) is 22.4 Å². The molecule has 1 aliphatic carbocycles. The van der Waals surface area contributed by atoms with Crippen LogP contribution in [0, 0.1) is 11.7 Å². The van der Waals surface area contributed by atoms with Gasteiger partial charge in [0.05, 0.1) is 29.2 Å². The first-order chi connectivity index (χ1) is 18.5. The van der Waals surface area contributed by atoms with E-state index in [4.69, 9.17) is 16.6 Å². The Balaban J connectivity index is 1.31. The average Bonchev–Trinajstić information content (AvgIpc) is 3.26. The van der Waals surface area contributed by atoms with Crippen LogP contribution in [0.2, 0.25) is 5.02 Å². The highest BCUT2D eigenvalue weighted by Crippen LogP contribution is 2.39. The van der Waals surface area contributed by atoms with Gasteiger partial charge in [0.1, 0.15) is 17.0 Å². The second-order valence-electron chi connectivity index (χ2n) is 9.32. The number of carboxylic acid groups (broad SMARTS) is 1. The molecule has 38 heavy (non-hydrogen) atoms. The van der Waals surface area contributed by atoms with Gasteiger partial charge in [0.15, 0.2) is 5.82 Å². The third-order valence-electron chi connectivity index (χ3n) is 6.78. The van der Waals surface area contributed by atoms with Crippen LogP contribution < -0.4 is 16.1 Å². The highest BCUT2D eigenvalue weighted by Gasteiger charge is 2.27. The standard InChI is InChI=1S/C26H23ClFN7O2S/c27-16-5-8-22(35-13-31-33-34-35)18(9-16)15-4-7-20(29-10-15)17(6-3-14-1-2-14)25-30-11-21(32-25)19-12-38-24(23(19)28)26(36)37/h4-5,7-14,17,33-34H,1-3,6H2,(H,30,32)(H,36,37)/t17-/m1/s1. The summed E-state index contributed by atoms with van der Waals surface area (Å²) in [7, 11) is 0. The van der Waals surface area contributed by atoms with Crippen LogP contribution >= 0.6 is 22.9 Å². The fourth-order valence-corrected chi connectivity index (χ4v) is 5.55. The Morgan fingerprint density at radius 3 is 2.76 bits per heavy atom. The number of rotatable bonds is 9. The van der Waals surface area contributed by atoms with Gasteiger partial charge in [0, 0.05) is 33.3 Å². The molecule has 0 bridgehead atoms. The second kappa shape index (κ2) is 10.2. The largest absolute Gasteiger partial charge is 0.477 e. The van der Waals surface area contributed by atoms with E-state index < -0.39 is 11.8 Å². The van der Waals surface area contributed by atoms with E-state index in [9.17, 15) is 14.3 Å². The molecule has 1 aromatic carbocycles. The van der Waals surface area contributed by atoms with Gasteiger partial charge in [-0.05, 0) is 43.0 Å². The first kappa shape index (κ1) is 24.5. The summed E-state index contributed by atoms with van der Waals surface area (Å²) in [6.45, 7) is 0. The zero-order valence-corrected chi connectivity index (χ0v) is 21.6. The number of carboxylic acids is 1. The number of aromatic amines is 1. The quantitative estimate of drug-likeness (QED) is 0.208. The van der Waals surface area contributed by atoms with Gasteiger partial charge in [-0.25, -0.2) is 24.7 Å². The van der Waals surface area contributed by atoms with E-state index in [1.807, 2.05) is 36.5 Å². The van der Waals surface area contributed by atoms with Crippen LogP contribution in [-0.4, -0.2) is 32.4 Å². The number of nitrogens with zero attached hydrogens (tertiary/aromatic N) is 4. The first-order valence-corrected chi connectivity index (χ1v) is 13.4. The molecule has 1 fully saturated rings. The number of hydrogen-bond donors (Lipinski definition) is 4. The van der Waals surface area contributed by atoms with Crippen LogP contribution in [0.3, 0.4) is 0 Å². The number of hydrogen-bond acceptors (Lipinski definition) is 8. The van der Waals surface area contributed by atoms with E-state index in [-0.39, 0.29) is 16.4 Å². The summed E-state index contributed by atoms with van der Waals surface area (Å²) >= 11 is 7.18. The van der Waals surface area contributed by atoms with Crippen LogP contribution in [0.15, 0.2) is 53.2 Å². The number of carbonyl (C=O) groups is 1. The number of thiophene rings is 1. The van der Waals surface area contributed by atoms with Gasteiger partial charge in [0.25, 0.3) is 0 Å². The maximum absolute atomic E-state index is 14.7. The van der Waals surface area contributed by atoms with E-state index in [2.05, 4.69) is 26.1 Å². The predicted octanol–water partition coefficient (Wildman–Crippen LogP) is 5.79. The Bertz CT molecular complexity index is 1520. The Morgan fingerprint density at radius 2 is 2.08 bits per heavy atom. The van der Waals surface area contributed by atoms with Crippen LogP contribution in [0.4, 0.5) is 10.1 Å². The normalized spacial score (nSPS) is 15.6. The maximum atomic E-state index is 14.7. The molecule has 3 aromatic heterocycles. The molecule has 0 unspecified atom stereocenters. The number of imidazole rings is 1. The van der Waals surface area contributed by atoms with E-state index in [0.29, 0.717) is 16.5 Å². The summed E-state index contributed by atoms with van der Waals surface area (Å²) in [6.07, 6.45) is 9.37. The molecular formula is C26H23ClFN7O2S. The number of anilines is 1. The van der Waals surface area contributed by atoms with Crippen molar-refractivity contribution < 1.29 is 14.3 Å². The Labute approximate surface area is 226 Å². The molecule has 12 heteroatoms.